The SMILES string of the molecule is COc1cc(C)cc(N2CCn3nc(COc4ccccc4)cc3C2=O)n1. The van der Waals surface area contributed by atoms with E-state index in [1.54, 1.807) is 22.8 Å². The molecule has 3 heterocycles. The van der Waals surface area contributed by atoms with Crippen LogP contribution in [0.4, 0.5) is 5.82 Å². The summed E-state index contributed by atoms with van der Waals surface area (Å²) in [4.78, 5) is 19.0. The molecule has 0 aliphatic carbocycles. The van der Waals surface area contributed by atoms with Gasteiger partial charge in [-0.2, -0.15) is 10.1 Å². The van der Waals surface area contributed by atoms with E-state index in [0.717, 1.165) is 17.0 Å². The molecule has 0 fully saturated rings. The van der Waals surface area contributed by atoms with E-state index in [9.17, 15) is 4.79 Å². The van der Waals surface area contributed by atoms with Gasteiger partial charge in [0.25, 0.3) is 5.91 Å². The second kappa shape index (κ2) is 7.11. The molecule has 0 unspecified atom stereocenters. The van der Waals surface area contributed by atoms with Crippen LogP contribution in [0.25, 0.3) is 0 Å². The fourth-order valence-electron chi connectivity index (χ4n) is 3.07. The first-order chi connectivity index (χ1) is 13.1. The maximum absolute atomic E-state index is 13.0. The number of anilines is 1. The topological polar surface area (TPSA) is 69.5 Å². The zero-order valence-corrected chi connectivity index (χ0v) is 15.3. The van der Waals surface area contributed by atoms with Gasteiger partial charge in [-0.15, -0.1) is 0 Å². The van der Waals surface area contributed by atoms with Gasteiger partial charge in [0.1, 0.15) is 29.6 Å². The van der Waals surface area contributed by atoms with Crippen molar-refractivity contribution in [2.45, 2.75) is 20.1 Å². The average molecular weight is 364 g/mol. The van der Waals surface area contributed by atoms with Crippen LogP contribution in [0.15, 0.2) is 48.5 Å². The van der Waals surface area contributed by atoms with E-state index in [0.29, 0.717) is 37.1 Å². The molecule has 7 nitrogen and oxygen atoms in total. The Balaban J connectivity index is 1.54. The predicted octanol–water partition coefficient (Wildman–Crippen LogP) is 2.83. The molecule has 138 valence electrons. The van der Waals surface area contributed by atoms with Crippen LogP contribution in [0, 0.1) is 6.92 Å². The average Bonchev–Trinajstić information content (AvgIpc) is 3.11. The molecule has 0 N–H and O–H groups in total. The molecule has 1 aliphatic heterocycles. The first-order valence-electron chi connectivity index (χ1n) is 8.73. The van der Waals surface area contributed by atoms with Crippen LogP contribution in [-0.4, -0.2) is 34.3 Å². The van der Waals surface area contributed by atoms with E-state index < -0.39 is 0 Å². The second-order valence-electron chi connectivity index (χ2n) is 6.35. The van der Waals surface area contributed by atoms with E-state index in [2.05, 4.69) is 10.1 Å². The lowest BCUT2D eigenvalue weighted by Gasteiger charge is -2.27. The fourth-order valence-corrected chi connectivity index (χ4v) is 3.07. The number of nitrogens with zero attached hydrogens (tertiary/aromatic N) is 4. The first kappa shape index (κ1) is 17.1. The monoisotopic (exact) mass is 364 g/mol. The molecule has 1 aliphatic rings. The van der Waals surface area contributed by atoms with Crippen molar-refractivity contribution in [3.63, 3.8) is 0 Å². The fraction of sp³-hybridized carbons (Fsp3) is 0.250. The van der Waals surface area contributed by atoms with Gasteiger partial charge < -0.3 is 9.47 Å². The summed E-state index contributed by atoms with van der Waals surface area (Å²) in [5.41, 5.74) is 2.25. The lowest BCUT2D eigenvalue weighted by molar-refractivity contribution is 0.0961. The normalized spacial score (nSPS) is 13.4. The molecule has 3 aromatic rings. The maximum atomic E-state index is 13.0. The number of fused-ring (bicyclic) bond motifs is 1. The van der Waals surface area contributed by atoms with Crippen molar-refractivity contribution in [2.24, 2.45) is 0 Å². The number of methoxy groups -OCH3 is 1. The minimum Gasteiger partial charge on any atom is -0.487 e. The van der Waals surface area contributed by atoms with Crippen molar-refractivity contribution in [1.82, 2.24) is 14.8 Å². The number of aromatic nitrogens is 3. The minimum absolute atomic E-state index is 0.125. The number of amides is 1. The molecule has 0 spiro atoms. The second-order valence-corrected chi connectivity index (χ2v) is 6.35. The highest BCUT2D eigenvalue weighted by Gasteiger charge is 2.28. The third-order valence-electron chi connectivity index (χ3n) is 4.38. The van der Waals surface area contributed by atoms with Gasteiger partial charge in [-0.3, -0.25) is 14.4 Å². The lowest BCUT2D eigenvalue weighted by atomic mass is 10.2. The van der Waals surface area contributed by atoms with Gasteiger partial charge in [-0.25, -0.2) is 0 Å². The third kappa shape index (κ3) is 3.48. The summed E-state index contributed by atoms with van der Waals surface area (Å²) in [6.45, 7) is 3.37. The number of hydrogen-bond donors (Lipinski definition) is 0. The molecule has 0 saturated carbocycles. The van der Waals surface area contributed by atoms with Crippen molar-refractivity contribution in [1.29, 1.82) is 0 Å². The van der Waals surface area contributed by atoms with Crippen LogP contribution >= 0.6 is 0 Å². The molecule has 7 heteroatoms. The van der Waals surface area contributed by atoms with Crippen LogP contribution in [0.3, 0.4) is 0 Å². The molecule has 1 aromatic carbocycles. The van der Waals surface area contributed by atoms with Gasteiger partial charge in [0.15, 0.2) is 0 Å². The van der Waals surface area contributed by atoms with Crippen molar-refractivity contribution in [2.75, 3.05) is 18.6 Å². The number of rotatable bonds is 5. The van der Waals surface area contributed by atoms with Gasteiger partial charge in [-0.1, -0.05) is 18.2 Å². The van der Waals surface area contributed by atoms with Crippen molar-refractivity contribution >= 4 is 11.7 Å². The van der Waals surface area contributed by atoms with E-state index in [1.165, 1.54) is 0 Å². The minimum atomic E-state index is -0.125. The van der Waals surface area contributed by atoms with E-state index in [-0.39, 0.29) is 5.91 Å². The molecule has 2 aromatic heterocycles. The number of aryl methyl sites for hydroxylation is 1. The van der Waals surface area contributed by atoms with Crippen molar-refractivity contribution in [3.05, 3.63) is 65.5 Å². The van der Waals surface area contributed by atoms with Crippen LogP contribution in [0.5, 0.6) is 11.6 Å². The quantitative estimate of drug-likeness (QED) is 0.696. The van der Waals surface area contributed by atoms with Gasteiger partial charge in [0.2, 0.25) is 5.88 Å². The van der Waals surface area contributed by atoms with Gasteiger partial charge in [-0.05, 0) is 36.8 Å². The summed E-state index contributed by atoms with van der Waals surface area (Å²) >= 11 is 0. The van der Waals surface area contributed by atoms with E-state index in [1.807, 2.05) is 49.4 Å². The zero-order valence-electron chi connectivity index (χ0n) is 15.3. The summed E-state index contributed by atoms with van der Waals surface area (Å²) in [5.74, 6) is 1.73. The molecule has 1 amide bonds. The molecule has 0 bridgehead atoms. The molecule has 0 atom stereocenters. The van der Waals surface area contributed by atoms with E-state index >= 15 is 0 Å². The number of benzene rings is 1. The highest BCUT2D eigenvalue weighted by molar-refractivity contribution is 6.05. The summed E-state index contributed by atoms with van der Waals surface area (Å²) in [7, 11) is 1.57. The molecule has 0 saturated heterocycles. The van der Waals surface area contributed by atoms with Crippen LogP contribution in [0.2, 0.25) is 0 Å². The molecular formula is C20H20N4O3. The number of para-hydroxylation sites is 1. The molecule has 4 rings (SSSR count). The zero-order chi connectivity index (χ0) is 18.8. The number of ether oxygens (including phenoxy) is 2. The standard InChI is InChI=1S/C20H20N4O3/c1-14-10-18(21-19(11-14)26-2)23-8-9-24-17(20(23)25)12-15(22-24)13-27-16-6-4-3-5-7-16/h3-7,10-12H,8-9,13H2,1-2H3. The van der Waals surface area contributed by atoms with Crippen LogP contribution < -0.4 is 14.4 Å². The molecule has 0 radical (unpaired) electrons. The Morgan fingerprint density at radius 2 is 1.93 bits per heavy atom. The Morgan fingerprint density at radius 1 is 1.11 bits per heavy atom. The van der Waals surface area contributed by atoms with Crippen molar-refractivity contribution < 1.29 is 14.3 Å². The van der Waals surface area contributed by atoms with Crippen LogP contribution in [-0.2, 0) is 13.2 Å². The summed E-state index contributed by atoms with van der Waals surface area (Å²) in [5, 5.41) is 4.49. The highest BCUT2D eigenvalue weighted by atomic mass is 16.5. The summed E-state index contributed by atoms with van der Waals surface area (Å²) < 4.78 is 12.7. The summed E-state index contributed by atoms with van der Waals surface area (Å²) in [6, 6.07) is 15.0. The number of hydrogen-bond acceptors (Lipinski definition) is 5. The largest absolute Gasteiger partial charge is 0.487 e. The van der Waals surface area contributed by atoms with Crippen LogP contribution in [0.1, 0.15) is 21.7 Å². The molecular weight excluding hydrogens is 344 g/mol. The third-order valence-corrected chi connectivity index (χ3v) is 4.38. The lowest BCUT2D eigenvalue weighted by Crippen LogP contribution is -2.41. The Kier molecular flexibility index (Phi) is 4.50. The Hall–Kier alpha value is -3.35. The summed E-state index contributed by atoms with van der Waals surface area (Å²) in [6.07, 6.45) is 0. The number of carbonyl (C=O) groups is 1. The first-order valence-corrected chi connectivity index (χ1v) is 8.73. The number of carbonyl (C=O) groups excluding carboxylic acids is 1. The smallest absolute Gasteiger partial charge is 0.277 e. The Labute approximate surface area is 157 Å². The number of pyridine rings is 1. The van der Waals surface area contributed by atoms with Gasteiger partial charge in [0, 0.05) is 12.6 Å². The van der Waals surface area contributed by atoms with E-state index in [4.69, 9.17) is 9.47 Å². The highest BCUT2D eigenvalue weighted by Crippen LogP contribution is 2.24. The van der Waals surface area contributed by atoms with Gasteiger partial charge >= 0.3 is 0 Å². The predicted molar refractivity (Wildman–Crippen MR) is 100 cm³/mol. The van der Waals surface area contributed by atoms with Crippen molar-refractivity contribution in [3.8, 4) is 11.6 Å². The van der Waals surface area contributed by atoms with Gasteiger partial charge in [0.05, 0.1) is 13.7 Å². The Morgan fingerprint density at radius 3 is 2.70 bits per heavy atom. The molecule has 27 heavy (non-hydrogen) atoms. The maximum Gasteiger partial charge on any atom is 0.277 e. The Bertz CT molecular complexity index is 969.